The van der Waals surface area contributed by atoms with Crippen LogP contribution in [0, 0.1) is 0 Å². The van der Waals surface area contributed by atoms with Crippen LogP contribution in [0.15, 0.2) is 103 Å². The number of aromatic nitrogens is 3. The molecule has 0 N–H and O–H groups in total. The SMILES string of the molecule is COCCN1CCN(c2ccc(N(c3cccc(OCc4ccccc4)c3)c3ccnc4ccnn34)cc2)CC1. The molecule has 5 aromatic rings. The van der Waals surface area contributed by atoms with Crippen LogP contribution >= 0.6 is 0 Å². The van der Waals surface area contributed by atoms with Crippen molar-refractivity contribution in [2.24, 2.45) is 0 Å². The largest absolute Gasteiger partial charge is 0.489 e. The number of benzene rings is 3. The monoisotopic (exact) mass is 534 g/mol. The van der Waals surface area contributed by atoms with Crippen molar-refractivity contribution >= 4 is 28.5 Å². The van der Waals surface area contributed by atoms with Crippen LogP contribution in [0.3, 0.4) is 0 Å². The Labute approximate surface area is 235 Å². The van der Waals surface area contributed by atoms with Crippen LogP contribution in [0.25, 0.3) is 5.65 Å². The van der Waals surface area contributed by atoms with Gasteiger partial charge in [0.25, 0.3) is 0 Å². The fourth-order valence-corrected chi connectivity index (χ4v) is 5.12. The first-order chi connectivity index (χ1) is 19.8. The molecule has 1 aliphatic rings. The van der Waals surface area contributed by atoms with Gasteiger partial charge in [-0.3, -0.25) is 9.80 Å². The smallest absolute Gasteiger partial charge is 0.157 e. The van der Waals surface area contributed by atoms with E-state index in [-0.39, 0.29) is 0 Å². The van der Waals surface area contributed by atoms with Crippen molar-refractivity contribution in [3.05, 3.63) is 109 Å². The molecule has 0 unspecified atom stereocenters. The molecule has 8 nitrogen and oxygen atoms in total. The Balaban J connectivity index is 1.28. The molecular formula is C32H34N6O2. The van der Waals surface area contributed by atoms with Gasteiger partial charge in [-0.05, 0) is 48.0 Å². The number of methoxy groups -OCH3 is 1. The maximum absolute atomic E-state index is 6.18. The third kappa shape index (κ3) is 5.78. The van der Waals surface area contributed by atoms with Crippen LogP contribution in [0.4, 0.5) is 22.9 Å². The predicted molar refractivity (Wildman–Crippen MR) is 159 cm³/mol. The molecule has 3 heterocycles. The van der Waals surface area contributed by atoms with Gasteiger partial charge >= 0.3 is 0 Å². The second kappa shape index (κ2) is 12.2. The van der Waals surface area contributed by atoms with E-state index in [0.29, 0.717) is 6.61 Å². The molecule has 1 saturated heterocycles. The van der Waals surface area contributed by atoms with Crippen molar-refractivity contribution < 1.29 is 9.47 Å². The van der Waals surface area contributed by atoms with E-state index in [1.165, 1.54) is 5.69 Å². The number of fused-ring (bicyclic) bond motifs is 1. The van der Waals surface area contributed by atoms with Gasteiger partial charge in [0.15, 0.2) is 5.65 Å². The normalized spacial score (nSPS) is 14.0. The zero-order valence-corrected chi connectivity index (χ0v) is 22.8. The number of rotatable bonds is 10. The van der Waals surface area contributed by atoms with E-state index in [9.17, 15) is 0 Å². The molecule has 0 atom stereocenters. The quantitative estimate of drug-likeness (QED) is 0.233. The van der Waals surface area contributed by atoms with Crippen molar-refractivity contribution in [1.82, 2.24) is 19.5 Å². The van der Waals surface area contributed by atoms with Gasteiger partial charge in [0.1, 0.15) is 18.2 Å². The lowest BCUT2D eigenvalue weighted by Crippen LogP contribution is -2.47. The van der Waals surface area contributed by atoms with Crippen molar-refractivity contribution in [1.29, 1.82) is 0 Å². The number of nitrogens with zero attached hydrogens (tertiary/aromatic N) is 6. The minimum Gasteiger partial charge on any atom is -0.489 e. The summed E-state index contributed by atoms with van der Waals surface area (Å²) in [7, 11) is 1.76. The van der Waals surface area contributed by atoms with Gasteiger partial charge in [-0.2, -0.15) is 9.61 Å². The highest BCUT2D eigenvalue weighted by Crippen LogP contribution is 2.37. The van der Waals surface area contributed by atoms with Gasteiger partial charge in [-0.1, -0.05) is 36.4 Å². The summed E-state index contributed by atoms with van der Waals surface area (Å²) in [6.07, 6.45) is 3.60. The van der Waals surface area contributed by atoms with Gasteiger partial charge in [0, 0.05) is 69.5 Å². The zero-order valence-electron chi connectivity index (χ0n) is 22.8. The molecule has 40 heavy (non-hydrogen) atoms. The summed E-state index contributed by atoms with van der Waals surface area (Å²) < 4.78 is 13.3. The maximum atomic E-state index is 6.18. The number of hydrogen-bond acceptors (Lipinski definition) is 7. The van der Waals surface area contributed by atoms with Crippen LogP contribution < -0.4 is 14.5 Å². The molecule has 0 spiro atoms. The van der Waals surface area contributed by atoms with Gasteiger partial charge in [-0.15, -0.1) is 0 Å². The van der Waals surface area contributed by atoms with E-state index in [2.05, 4.69) is 73.3 Å². The molecule has 3 aromatic carbocycles. The molecule has 0 amide bonds. The van der Waals surface area contributed by atoms with E-state index < -0.39 is 0 Å². The summed E-state index contributed by atoms with van der Waals surface area (Å²) in [5, 5.41) is 4.57. The number of hydrogen-bond donors (Lipinski definition) is 0. The molecule has 2 aromatic heterocycles. The summed E-state index contributed by atoms with van der Waals surface area (Å²) >= 11 is 0. The third-order valence-corrected chi connectivity index (χ3v) is 7.28. The fourth-order valence-electron chi connectivity index (χ4n) is 5.12. The second-order valence-corrected chi connectivity index (χ2v) is 9.85. The van der Waals surface area contributed by atoms with E-state index >= 15 is 0 Å². The Bertz CT molecular complexity index is 1510. The van der Waals surface area contributed by atoms with E-state index in [1.807, 2.05) is 53.2 Å². The van der Waals surface area contributed by atoms with Gasteiger partial charge < -0.3 is 14.4 Å². The summed E-state index contributed by atoms with van der Waals surface area (Å²) in [6, 6.07) is 31.1. The first-order valence-corrected chi connectivity index (χ1v) is 13.7. The lowest BCUT2D eigenvalue weighted by molar-refractivity contribution is 0.144. The predicted octanol–water partition coefficient (Wildman–Crippen LogP) is 5.55. The summed E-state index contributed by atoms with van der Waals surface area (Å²) in [4.78, 5) is 11.6. The van der Waals surface area contributed by atoms with Crippen LogP contribution in [-0.2, 0) is 11.3 Å². The fraction of sp³-hybridized carbons (Fsp3) is 0.250. The average molecular weight is 535 g/mol. The molecule has 0 saturated carbocycles. The number of anilines is 4. The van der Waals surface area contributed by atoms with Crippen molar-refractivity contribution in [3.8, 4) is 5.75 Å². The lowest BCUT2D eigenvalue weighted by atomic mass is 10.2. The topological polar surface area (TPSA) is 58.4 Å². The van der Waals surface area contributed by atoms with Crippen molar-refractivity contribution in [3.63, 3.8) is 0 Å². The molecule has 0 bridgehead atoms. The number of ether oxygens (including phenoxy) is 2. The van der Waals surface area contributed by atoms with Crippen LogP contribution in [-0.4, -0.2) is 65.9 Å². The third-order valence-electron chi connectivity index (χ3n) is 7.28. The van der Waals surface area contributed by atoms with Crippen LogP contribution in [0.2, 0.25) is 0 Å². The lowest BCUT2D eigenvalue weighted by Gasteiger charge is -2.36. The molecular weight excluding hydrogens is 500 g/mol. The standard InChI is InChI=1S/C32H34N6O2/c1-39-23-22-35-18-20-36(21-19-35)27-10-12-28(13-11-27)37(32-15-16-33-31-14-17-34-38(31)32)29-8-5-9-30(24-29)40-25-26-6-3-2-4-7-26/h2-17,24H,18-23,25H2,1H3. The van der Waals surface area contributed by atoms with E-state index in [0.717, 1.165) is 73.5 Å². The summed E-state index contributed by atoms with van der Waals surface area (Å²) in [5.74, 6) is 1.70. The van der Waals surface area contributed by atoms with Gasteiger partial charge in [-0.25, -0.2) is 4.98 Å². The zero-order chi connectivity index (χ0) is 27.1. The number of piperazine rings is 1. The highest BCUT2D eigenvalue weighted by molar-refractivity contribution is 5.77. The van der Waals surface area contributed by atoms with E-state index in [4.69, 9.17) is 9.47 Å². The van der Waals surface area contributed by atoms with Crippen molar-refractivity contribution in [2.45, 2.75) is 6.61 Å². The van der Waals surface area contributed by atoms with Crippen molar-refractivity contribution in [2.75, 3.05) is 56.2 Å². The Morgan fingerprint density at radius 1 is 0.800 bits per heavy atom. The molecule has 0 radical (unpaired) electrons. The summed E-state index contributed by atoms with van der Waals surface area (Å²) in [6.45, 7) is 6.37. The average Bonchev–Trinajstić information content (AvgIpc) is 3.51. The Morgan fingerprint density at radius 3 is 2.42 bits per heavy atom. The maximum Gasteiger partial charge on any atom is 0.157 e. The summed E-state index contributed by atoms with van der Waals surface area (Å²) in [5.41, 5.74) is 5.17. The molecule has 1 aliphatic heterocycles. The molecule has 0 aliphatic carbocycles. The van der Waals surface area contributed by atoms with Gasteiger partial charge in [0.2, 0.25) is 0 Å². The van der Waals surface area contributed by atoms with Crippen LogP contribution in [0.5, 0.6) is 5.75 Å². The first-order valence-electron chi connectivity index (χ1n) is 13.7. The molecule has 8 heteroatoms. The molecule has 6 rings (SSSR count). The molecule has 204 valence electrons. The van der Waals surface area contributed by atoms with Crippen LogP contribution in [0.1, 0.15) is 5.56 Å². The highest BCUT2D eigenvalue weighted by Gasteiger charge is 2.20. The molecule has 1 fully saturated rings. The van der Waals surface area contributed by atoms with E-state index in [1.54, 1.807) is 13.3 Å². The second-order valence-electron chi connectivity index (χ2n) is 9.85. The Morgan fingerprint density at radius 2 is 1.62 bits per heavy atom. The Kier molecular flexibility index (Phi) is 7.88. The first kappa shape index (κ1) is 25.9. The highest BCUT2D eigenvalue weighted by atomic mass is 16.5. The van der Waals surface area contributed by atoms with Gasteiger partial charge in [0.05, 0.1) is 18.5 Å². The Hall–Kier alpha value is -4.40. The minimum absolute atomic E-state index is 0.510. The minimum atomic E-state index is 0.510.